The molecule has 3 rings (SSSR count). The van der Waals surface area contributed by atoms with Gasteiger partial charge in [0.15, 0.2) is 0 Å². The van der Waals surface area contributed by atoms with E-state index in [2.05, 4.69) is 42.3 Å². The zero-order valence-electron chi connectivity index (χ0n) is 15.6. The molecule has 0 aliphatic rings. The van der Waals surface area contributed by atoms with Gasteiger partial charge in [0.25, 0.3) is 5.91 Å². The van der Waals surface area contributed by atoms with Crippen molar-refractivity contribution in [3.63, 3.8) is 0 Å². The normalized spacial score (nSPS) is 10.8. The first-order valence-corrected chi connectivity index (χ1v) is 8.62. The van der Waals surface area contributed by atoms with E-state index in [-0.39, 0.29) is 5.91 Å². The largest absolute Gasteiger partial charge is 0.496 e. The third-order valence-corrected chi connectivity index (χ3v) is 4.59. The summed E-state index contributed by atoms with van der Waals surface area (Å²) >= 11 is 0. The number of hydrogen-bond donors (Lipinski definition) is 2. The van der Waals surface area contributed by atoms with Gasteiger partial charge in [-0.15, -0.1) is 0 Å². The van der Waals surface area contributed by atoms with Gasteiger partial charge in [-0.1, -0.05) is 17.7 Å². The molecule has 1 heterocycles. The lowest BCUT2D eigenvalue weighted by Crippen LogP contribution is -2.26. The predicted octanol–water partition coefficient (Wildman–Crippen LogP) is 3.77. The van der Waals surface area contributed by atoms with E-state index in [4.69, 9.17) is 9.47 Å². The Hall–Kier alpha value is -2.95. The van der Waals surface area contributed by atoms with Gasteiger partial charge in [0.05, 0.1) is 14.2 Å². The molecule has 136 valence electrons. The molecule has 26 heavy (non-hydrogen) atoms. The van der Waals surface area contributed by atoms with Gasteiger partial charge in [-0.3, -0.25) is 4.79 Å². The topological polar surface area (TPSA) is 63.4 Å². The number of nitrogens with one attached hydrogen (secondary N) is 2. The smallest absolute Gasteiger partial charge is 0.258 e. The van der Waals surface area contributed by atoms with Crippen LogP contribution in [-0.2, 0) is 6.42 Å². The molecule has 0 spiro atoms. The maximum Gasteiger partial charge on any atom is 0.258 e. The zero-order chi connectivity index (χ0) is 18.7. The SMILES string of the molecule is COc1cccc(OC)c1C(=O)NCCc1c(C)[nH]c2ccc(C)cc12. The van der Waals surface area contributed by atoms with E-state index in [0.717, 1.165) is 17.6 Å². The van der Waals surface area contributed by atoms with Crippen molar-refractivity contribution in [1.29, 1.82) is 0 Å². The summed E-state index contributed by atoms with van der Waals surface area (Å²) in [6, 6.07) is 11.7. The molecule has 5 nitrogen and oxygen atoms in total. The molecule has 0 saturated heterocycles. The number of amides is 1. The summed E-state index contributed by atoms with van der Waals surface area (Å²) in [6.07, 6.45) is 0.749. The Kier molecular flexibility index (Phi) is 5.16. The predicted molar refractivity (Wildman–Crippen MR) is 103 cm³/mol. The fourth-order valence-corrected chi connectivity index (χ4v) is 3.28. The van der Waals surface area contributed by atoms with Crippen LogP contribution in [0.3, 0.4) is 0 Å². The molecule has 2 aromatic carbocycles. The van der Waals surface area contributed by atoms with Crippen LogP contribution in [0, 0.1) is 13.8 Å². The molecule has 3 aromatic rings. The molecule has 0 unspecified atom stereocenters. The number of carbonyl (C=O) groups is 1. The van der Waals surface area contributed by atoms with Crippen molar-refractivity contribution in [2.45, 2.75) is 20.3 Å². The number of aromatic nitrogens is 1. The fourth-order valence-electron chi connectivity index (χ4n) is 3.28. The van der Waals surface area contributed by atoms with Crippen LogP contribution in [0.4, 0.5) is 0 Å². The van der Waals surface area contributed by atoms with E-state index in [9.17, 15) is 4.79 Å². The van der Waals surface area contributed by atoms with E-state index in [1.165, 1.54) is 16.5 Å². The van der Waals surface area contributed by atoms with Crippen molar-refractivity contribution >= 4 is 16.8 Å². The number of rotatable bonds is 6. The molecular formula is C21H24N2O3. The maximum atomic E-state index is 12.7. The van der Waals surface area contributed by atoms with Gasteiger partial charge in [-0.2, -0.15) is 0 Å². The summed E-state index contributed by atoms with van der Waals surface area (Å²) in [5.41, 5.74) is 5.14. The van der Waals surface area contributed by atoms with Gasteiger partial charge < -0.3 is 19.8 Å². The fraction of sp³-hybridized carbons (Fsp3) is 0.286. The monoisotopic (exact) mass is 352 g/mol. The van der Waals surface area contributed by atoms with Crippen molar-refractivity contribution in [1.82, 2.24) is 10.3 Å². The highest BCUT2D eigenvalue weighted by Crippen LogP contribution is 2.28. The van der Waals surface area contributed by atoms with Gasteiger partial charge in [0.1, 0.15) is 17.1 Å². The van der Waals surface area contributed by atoms with Gasteiger partial charge >= 0.3 is 0 Å². The maximum absolute atomic E-state index is 12.7. The second kappa shape index (κ2) is 7.52. The summed E-state index contributed by atoms with van der Waals surface area (Å²) in [6.45, 7) is 4.68. The standard InChI is InChI=1S/C21H24N2O3/c1-13-8-9-17-16(12-13)15(14(2)23-17)10-11-22-21(24)20-18(25-3)6-5-7-19(20)26-4/h5-9,12,23H,10-11H2,1-4H3,(H,22,24). The Labute approximate surface area is 153 Å². The first kappa shape index (κ1) is 17.9. The Morgan fingerprint density at radius 2 is 1.77 bits per heavy atom. The van der Waals surface area contributed by atoms with Crippen molar-refractivity contribution < 1.29 is 14.3 Å². The lowest BCUT2D eigenvalue weighted by Gasteiger charge is -2.13. The molecule has 0 atom stereocenters. The van der Waals surface area contributed by atoms with Crippen LogP contribution in [-0.4, -0.2) is 31.7 Å². The Bertz CT molecular complexity index is 922. The molecule has 0 radical (unpaired) electrons. The minimum absolute atomic E-state index is 0.201. The number of aryl methyl sites for hydroxylation is 2. The summed E-state index contributed by atoms with van der Waals surface area (Å²) in [5.74, 6) is 0.800. The minimum atomic E-state index is -0.201. The van der Waals surface area contributed by atoms with Crippen molar-refractivity contribution in [2.75, 3.05) is 20.8 Å². The molecule has 2 N–H and O–H groups in total. The number of aromatic amines is 1. The summed E-state index contributed by atoms with van der Waals surface area (Å²) < 4.78 is 10.6. The molecule has 0 bridgehead atoms. The number of fused-ring (bicyclic) bond motifs is 1. The van der Waals surface area contributed by atoms with E-state index in [0.29, 0.717) is 23.6 Å². The lowest BCUT2D eigenvalue weighted by atomic mass is 10.1. The van der Waals surface area contributed by atoms with Gasteiger partial charge in [-0.05, 0) is 50.1 Å². The first-order chi connectivity index (χ1) is 12.5. The Balaban J connectivity index is 1.76. The van der Waals surface area contributed by atoms with E-state index in [1.54, 1.807) is 32.4 Å². The summed E-state index contributed by atoms with van der Waals surface area (Å²) in [4.78, 5) is 16.1. The van der Waals surface area contributed by atoms with Crippen molar-refractivity contribution in [3.05, 3.63) is 58.8 Å². The number of H-pyrrole nitrogens is 1. The molecule has 0 aliphatic heterocycles. The minimum Gasteiger partial charge on any atom is -0.496 e. The van der Waals surface area contributed by atoms with E-state index < -0.39 is 0 Å². The second-order valence-corrected chi connectivity index (χ2v) is 6.32. The van der Waals surface area contributed by atoms with Crippen LogP contribution in [0.25, 0.3) is 10.9 Å². The number of hydrogen-bond acceptors (Lipinski definition) is 3. The average molecular weight is 352 g/mol. The third kappa shape index (κ3) is 3.38. The Morgan fingerprint density at radius 3 is 2.42 bits per heavy atom. The highest BCUT2D eigenvalue weighted by molar-refractivity contribution is 5.99. The van der Waals surface area contributed by atoms with Crippen LogP contribution in [0.15, 0.2) is 36.4 Å². The van der Waals surface area contributed by atoms with Crippen LogP contribution in [0.2, 0.25) is 0 Å². The first-order valence-electron chi connectivity index (χ1n) is 8.62. The van der Waals surface area contributed by atoms with Crippen LogP contribution in [0.5, 0.6) is 11.5 Å². The number of ether oxygens (including phenoxy) is 2. The van der Waals surface area contributed by atoms with Gasteiger partial charge in [0.2, 0.25) is 0 Å². The van der Waals surface area contributed by atoms with Gasteiger partial charge in [0, 0.05) is 23.1 Å². The van der Waals surface area contributed by atoms with Crippen LogP contribution >= 0.6 is 0 Å². The molecule has 0 fully saturated rings. The number of benzene rings is 2. The molecular weight excluding hydrogens is 328 g/mol. The third-order valence-electron chi connectivity index (χ3n) is 4.59. The molecule has 1 aromatic heterocycles. The quantitative estimate of drug-likeness (QED) is 0.710. The molecule has 1 amide bonds. The van der Waals surface area contributed by atoms with Crippen LogP contribution in [0.1, 0.15) is 27.2 Å². The van der Waals surface area contributed by atoms with Crippen molar-refractivity contribution in [3.8, 4) is 11.5 Å². The molecule has 0 aliphatic carbocycles. The van der Waals surface area contributed by atoms with Gasteiger partial charge in [-0.25, -0.2) is 0 Å². The highest BCUT2D eigenvalue weighted by atomic mass is 16.5. The van der Waals surface area contributed by atoms with E-state index >= 15 is 0 Å². The summed E-state index contributed by atoms with van der Waals surface area (Å²) in [5, 5.41) is 4.19. The molecule has 0 saturated carbocycles. The summed E-state index contributed by atoms with van der Waals surface area (Å²) in [7, 11) is 3.09. The lowest BCUT2D eigenvalue weighted by molar-refractivity contribution is 0.0948. The number of carbonyl (C=O) groups excluding carboxylic acids is 1. The average Bonchev–Trinajstić information content (AvgIpc) is 2.95. The Morgan fingerprint density at radius 1 is 1.08 bits per heavy atom. The molecule has 5 heteroatoms. The highest BCUT2D eigenvalue weighted by Gasteiger charge is 2.18. The van der Waals surface area contributed by atoms with Crippen LogP contribution < -0.4 is 14.8 Å². The number of methoxy groups -OCH3 is 2. The van der Waals surface area contributed by atoms with Crippen molar-refractivity contribution in [2.24, 2.45) is 0 Å². The second-order valence-electron chi connectivity index (χ2n) is 6.32. The zero-order valence-corrected chi connectivity index (χ0v) is 15.6. The van der Waals surface area contributed by atoms with E-state index in [1.807, 2.05) is 0 Å².